The average molecular weight is 380 g/mol. The van der Waals surface area contributed by atoms with E-state index in [2.05, 4.69) is 20.5 Å². The smallest absolute Gasteiger partial charge is 0.252 e. The number of benzene rings is 2. The number of hydrogen-bond acceptors (Lipinski definition) is 5. The van der Waals surface area contributed by atoms with Gasteiger partial charge >= 0.3 is 0 Å². The maximum Gasteiger partial charge on any atom is 0.252 e. The van der Waals surface area contributed by atoms with Crippen molar-refractivity contribution in [2.24, 2.45) is 5.10 Å². The van der Waals surface area contributed by atoms with E-state index in [1.807, 2.05) is 19.1 Å². The molecular formula is C21H21FN4O2. The van der Waals surface area contributed by atoms with Crippen LogP contribution >= 0.6 is 0 Å². The summed E-state index contributed by atoms with van der Waals surface area (Å²) in [6, 6.07) is 15.2. The van der Waals surface area contributed by atoms with Gasteiger partial charge in [0.1, 0.15) is 18.2 Å². The molecule has 0 saturated carbocycles. The summed E-state index contributed by atoms with van der Waals surface area (Å²) in [6.45, 7) is 2.19. The van der Waals surface area contributed by atoms with Crippen molar-refractivity contribution in [2.75, 3.05) is 5.43 Å². The Bertz CT molecular complexity index is 1000. The maximum absolute atomic E-state index is 13.6. The Morgan fingerprint density at radius 3 is 2.75 bits per heavy atom. The first-order chi connectivity index (χ1) is 13.6. The van der Waals surface area contributed by atoms with E-state index >= 15 is 0 Å². The van der Waals surface area contributed by atoms with Crippen molar-refractivity contribution in [1.82, 2.24) is 9.97 Å². The van der Waals surface area contributed by atoms with Crippen LogP contribution in [0.2, 0.25) is 0 Å². The van der Waals surface area contributed by atoms with E-state index in [0.29, 0.717) is 17.3 Å². The van der Waals surface area contributed by atoms with Crippen LogP contribution in [0.5, 0.6) is 5.75 Å². The molecule has 0 atom stereocenters. The molecule has 0 aliphatic rings. The molecule has 0 spiro atoms. The van der Waals surface area contributed by atoms with Crippen molar-refractivity contribution in [3.8, 4) is 5.75 Å². The molecule has 0 bridgehead atoms. The monoisotopic (exact) mass is 380 g/mol. The summed E-state index contributed by atoms with van der Waals surface area (Å²) in [7, 11) is 0. The molecule has 0 saturated heterocycles. The number of aryl methyl sites for hydroxylation is 1. The van der Waals surface area contributed by atoms with Gasteiger partial charge in [-0.15, -0.1) is 0 Å². The van der Waals surface area contributed by atoms with Crippen LogP contribution in [-0.4, -0.2) is 16.2 Å². The quantitative estimate of drug-likeness (QED) is 0.459. The molecule has 7 heteroatoms. The zero-order valence-electron chi connectivity index (χ0n) is 15.5. The second-order valence-electron chi connectivity index (χ2n) is 6.15. The number of nitrogens with one attached hydrogen (secondary N) is 2. The van der Waals surface area contributed by atoms with Crippen molar-refractivity contribution in [2.45, 2.75) is 26.4 Å². The summed E-state index contributed by atoms with van der Waals surface area (Å²) in [4.78, 5) is 18.5. The van der Waals surface area contributed by atoms with Crippen LogP contribution in [-0.2, 0) is 13.0 Å². The van der Waals surface area contributed by atoms with Crippen LogP contribution in [0.15, 0.2) is 64.5 Å². The van der Waals surface area contributed by atoms with E-state index in [1.165, 1.54) is 12.1 Å². The molecule has 3 aromatic rings. The fraction of sp³-hybridized carbons (Fsp3) is 0.190. The van der Waals surface area contributed by atoms with Crippen molar-refractivity contribution in [3.63, 3.8) is 0 Å². The third-order valence-electron chi connectivity index (χ3n) is 3.92. The summed E-state index contributed by atoms with van der Waals surface area (Å²) in [5, 5.41) is 4.09. The zero-order valence-corrected chi connectivity index (χ0v) is 15.5. The van der Waals surface area contributed by atoms with E-state index in [9.17, 15) is 9.18 Å². The van der Waals surface area contributed by atoms with Crippen LogP contribution in [0.4, 0.5) is 10.3 Å². The van der Waals surface area contributed by atoms with E-state index in [1.54, 1.807) is 36.5 Å². The molecule has 0 unspecified atom stereocenters. The van der Waals surface area contributed by atoms with Crippen molar-refractivity contribution in [3.05, 3.63) is 87.6 Å². The first kappa shape index (κ1) is 19.3. The minimum Gasteiger partial charge on any atom is -0.489 e. The molecule has 0 fully saturated rings. The van der Waals surface area contributed by atoms with Gasteiger partial charge in [0.15, 0.2) is 0 Å². The van der Waals surface area contributed by atoms with E-state index in [4.69, 9.17) is 4.74 Å². The number of ether oxygens (including phenoxy) is 1. The highest BCUT2D eigenvalue weighted by molar-refractivity contribution is 5.80. The second kappa shape index (κ2) is 9.45. The maximum atomic E-state index is 13.6. The highest BCUT2D eigenvalue weighted by Gasteiger charge is 2.02. The number of anilines is 1. The van der Waals surface area contributed by atoms with Crippen molar-refractivity contribution in [1.29, 1.82) is 0 Å². The van der Waals surface area contributed by atoms with Crippen LogP contribution in [0, 0.1) is 5.82 Å². The number of H-pyrrole nitrogens is 1. The van der Waals surface area contributed by atoms with Crippen molar-refractivity contribution >= 4 is 12.2 Å². The summed E-state index contributed by atoms with van der Waals surface area (Å²) in [5.41, 5.74) is 4.57. The van der Waals surface area contributed by atoms with Gasteiger partial charge < -0.3 is 4.74 Å². The molecule has 2 N–H and O–H groups in total. The second-order valence-corrected chi connectivity index (χ2v) is 6.15. The average Bonchev–Trinajstić information content (AvgIpc) is 2.68. The van der Waals surface area contributed by atoms with Gasteiger partial charge in [-0.1, -0.05) is 31.5 Å². The lowest BCUT2D eigenvalue weighted by Crippen LogP contribution is -2.11. The molecule has 6 nitrogen and oxygen atoms in total. The Hall–Kier alpha value is -3.48. The van der Waals surface area contributed by atoms with Gasteiger partial charge in [0.2, 0.25) is 5.95 Å². The number of hydrazone groups is 1. The Labute approximate surface area is 162 Å². The fourth-order valence-electron chi connectivity index (χ4n) is 2.54. The zero-order chi connectivity index (χ0) is 19.8. The van der Waals surface area contributed by atoms with Gasteiger partial charge in [-0.05, 0) is 42.3 Å². The predicted octanol–water partition coefficient (Wildman–Crippen LogP) is 3.89. The predicted molar refractivity (Wildman–Crippen MR) is 107 cm³/mol. The SMILES string of the molecule is CCCc1cc(=O)[nH]c(N/N=C/c2ccc(OCc3ccccc3F)cc2)n1. The number of aromatic amines is 1. The third-order valence-corrected chi connectivity index (χ3v) is 3.92. The molecule has 0 aliphatic heterocycles. The lowest BCUT2D eigenvalue weighted by atomic mass is 10.2. The molecule has 1 heterocycles. The summed E-state index contributed by atoms with van der Waals surface area (Å²) < 4.78 is 19.2. The minimum absolute atomic E-state index is 0.162. The first-order valence-electron chi connectivity index (χ1n) is 8.99. The molecule has 28 heavy (non-hydrogen) atoms. The summed E-state index contributed by atoms with van der Waals surface area (Å²) in [5.74, 6) is 0.649. The molecule has 0 amide bonds. The van der Waals surface area contributed by atoms with Crippen LogP contribution in [0.1, 0.15) is 30.2 Å². The Balaban J connectivity index is 1.57. The van der Waals surface area contributed by atoms with Gasteiger partial charge in [0.05, 0.1) is 6.21 Å². The van der Waals surface area contributed by atoms with Gasteiger partial charge in [-0.2, -0.15) is 5.10 Å². The molecule has 0 radical (unpaired) electrons. The third kappa shape index (κ3) is 5.51. The molecule has 2 aromatic carbocycles. The van der Waals surface area contributed by atoms with Gasteiger partial charge in [-0.25, -0.2) is 14.8 Å². The Morgan fingerprint density at radius 1 is 1.21 bits per heavy atom. The lowest BCUT2D eigenvalue weighted by Gasteiger charge is -2.07. The fourth-order valence-corrected chi connectivity index (χ4v) is 2.54. The standard InChI is InChI=1S/C21H21FN4O2/c1-2-5-17-12-20(27)25-21(24-17)26-23-13-15-8-10-18(11-9-15)28-14-16-6-3-4-7-19(16)22/h3-4,6-13H,2,5,14H2,1H3,(H2,24,25,26,27)/b23-13+. The topological polar surface area (TPSA) is 79.4 Å². The van der Waals surface area contributed by atoms with Crippen LogP contribution in [0.3, 0.4) is 0 Å². The van der Waals surface area contributed by atoms with Crippen LogP contribution < -0.4 is 15.7 Å². The number of nitrogens with zero attached hydrogens (tertiary/aromatic N) is 2. The molecule has 3 rings (SSSR count). The Morgan fingerprint density at radius 2 is 2.00 bits per heavy atom. The normalized spacial score (nSPS) is 10.9. The number of hydrogen-bond donors (Lipinski definition) is 2. The highest BCUT2D eigenvalue weighted by Crippen LogP contribution is 2.15. The highest BCUT2D eigenvalue weighted by atomic mass is 19.1. The van der Waals surface area contributed by atoms with Crippen molar-refractivity contribution < 1.29 is 9.13 Å². The lowest BCUT2D eigenvalue weighted by molar-refractivity contribution is 0.300. The van der Waals surface area contributed by atoms with Gasteiger partial charge in [0, 0.05) is 17.3 Å². The minimum atomic E-state index is -0.285. The number of halogens is 1. The van der Waals surface area contributed by atoms with Gasteiger partial charge in [0.25, 0.3) is 5.56 Å². The first-order valence-corrected chi connectivity index (χ1v) is 8.99. The molecule has 144 valence electrons. The summed E-state index contributed by atoms with van der Waals surface area (Å²) >= 11 is 0. The van der Waals surface area contributed by atoms with E-state index < -0.39 is 0 Å². The molecular weight excluding hydrogens is 359 g/mol. The molecule has 0 aliphatic carbocycles. The number of rotatable bonds is 8. The molecule has 1 aromatic heterocycles. The van der Waals surface area contributed by atoms with E-state index in [0.717, 1.165) is 24.1 Å². The number of aromatic nitrogens is 2. The Kier molecular flexibility index (Phi) is 6.51. The largest absolute Gasteiger partial charge is 0.489 e. The summed E-state index contributed by atoms with van der Waals surface area (Å²) in [6.07, 6.45) is 3.24. The van der Waals surface area contributed by atoms with E-state index in [-0.39, 0.29) is 18.0 Å². The van der Waals surface area contributed by atoms with Crippen LogP contribution in [0.25, 0.3) is 0 Å². The van der Waals surface area contributed by atoms with Gasteiger partial charge in [-0.3, -0.25) is 9.78 Å².